The summed E-state index contributed by atoms with van der Waals surface area (Å²) in [6.07, 6.45) is 6.22. The lowest BCUT2D eigenvalue weighted by molar-refractivity contribution is 1.49. The minimum Gasteiger partial charge on any atom is -0.0876 e. The van der Waals surface area contributed by atoms with Gasteiger partial charge in [-0.1, -0.05) is 34.2 Å². The van der Waals surface area contributed by atoms with Gasteiger partial charge in [0.1, 0.15) is 0 Å². The number of halogens is 1. The monoisotopic (exact) mass is 174 g/mol. The van der Waals surface area contributed by atoms with E-state index in [1.165, 1.54) is 5.57 Å². The summed E-state index contributed by atoms with van der Waals surface area (Å²) < 4.78 is 0. The van der Waals surface area contributed by atoms with E-state index in [-0.39, 0.29) is 0 Å². The number of hydrogen-bond donors (Lipinski definition) is 0. The zero-order valence-corrected chi connectivity index (χ0v) is 6.90. The Morgan fingerprint density at radius 1 is 1.50 bits per heavy atom. The van der Waals surface area contributed by atoms with Crippen molar-refractivity contribution in [2.45, 2.75) is 13.8 Å². The fraction of sp³-hybridized carbons (Fsp3) is 0.429. The van der Waals surface area contributed by atoms with Crippen LogP contribution in [-0.4, -0.2) is 5.33 Å². The molecule has 0 heterocycles. The highest BCUT2D eigenvalue weighted by Gasteiger charge is 1.81. The number of allylic oxidation sites excluding steroid dienone is 4. The van der Waals surface area contributed by atoms with Crippen LogP contribution in [0.2, 0.25) is 0 Å². The van der Waals surface area contributed by atoms with Gasteiger partial charge in [0.05, 0.1) is 0 Å². The van der Waals surface area contributed by atoms with Crippen LogP contribution in [0, 0.1) is 0 Å². The third-order valence-electron chi connectivity index (χ3n) is 0.906. The van der Waals surface area contributed by atoms with Crippen LogP contribution in [0.4, 0.5) is 0 Å². The van der Waals surface area contributed by atoms with Gasteiger partial charge in [-0.05, 0) is 19.4 Å². The largest absolute Gasteiger partial charge is 0.0876 e. The van der Waals surface area contributed by atoms with Gasteiger partial charge in [0.15, 0.2) is 0 Å². The van der Waals surface area contributed by atoms with Crippen molar-refractivity contribution in [3.63, 3.8) is 0 Å². The van der Waals surface area contributed by atoms with Crippen LogP contribution in [0.15, 0.2) is 23.8 Å². The summed E-state index contributed by atoms with van der Waals surface area (Å²) in [4.78, 5) is 0. The molecule has 0 amide bonds. The maximum Gasteiger partial charge on any atom is 0.0279 e. The quantitative estimate of drug-likeness (QED) is 0.447. The second kappa shape index (κ2) is 5.10. The molecule has 0 aromatic rings. The molecule has 8 heavy (non-hydrogen) atoms. The van der Waals surface area contributed by atoms with E-state index in [1.54, 1.807) is 0 Å². The molecule has 0 nitrogen and oxygen atoms in total. The number of alkyl halides is 1. The summed E-state index contributed by atoms with van der Waals surface area (Å²) in [6.45, 7) is 4.06. The summed E-state index contributed by atoms with van der Waals surface area (Å²) >= 11 is 3.36. The zero-order chi connectivity index (χ0) is 6.41. The first-order chi connectivity index (χ1) is 3.85. The Bertz CT molecular complexity index is 98.2. The average molecular weight is 175 g/mol. The van der Waals surface area contributed by atoms with Crippen molar-refractivity contribution in [3.05, 3.63) is 23.8 Å². The van der Waals surface area contributed by atoms with Crippen molar-refractivity contribution in [1.82, 2.24) is 0 Å². The van der Waals surface area contributed by atoms with E-state index in [4.69, 9.17) is 0 Å². The molecule has 0 radical (unpaired) electrons. The van der Waals surface area contributed by atoms with Crippen molar-refractivity contribution in [1.29, 1.82) is 0 Å². The van der Waals surface area contributed by atoms with Gasteiger partial charge in [-0.15, -0.1) is 0 Å². The Kier molecular flexibility index (Phi) is 5.08. The lowest BCUT2D eigenvalue weighted by Crippen LogP contribution is -1.74. The molecule has 0 aromatic carbocycles. The second-order valence-corrected chi connectivity index (χ2v) is 2.06. The molecule has 0 aliphatic rings. The van der Waals surface area contributed by atoms with Crippen LogP contribution in [-0.2, 0) is 0 Å². The van der Waals surface area contributed by atoms with E-state index in [1.807, 2.05) is 19.9 Å². The van der Waals surface area contributed by atoms with Crippen molar-refractivity contribution in [2.75, 3.05) is 5.33 Å². The van der Waals surface area contributed by atoms with E-state index in [9.17, 15) is 0 Å². The maximum absolute atomic E-state index is 3.36. The van der Waals surface area contributed by atoms with E-state index in [2.05, 4.69) is 28.1 Å². The Hall–Kier alpha value is -0.0400. The second-order valence-electron chi connectivity index (χ2n) is 1.50. The first-order valence-electron chi connectivity index (χ1n) is 2.69. The summed E-state index contributed by atoms with van der Waals surface area (Å²) in [5.74, 6) is 0. The molecule has 0 bridgehead atoms. The third kappa shape index (κ3) is 3.03. The Labute approximate surface area is 59.4 Å². The molecule has 0 unspecified atom stereocenters. The van der Waals surface area contributed by atoms with E-state index < -0.39 is 0 Å². The average Bonchev–Trinajstić information content (AvgIpc) is 1.83. The van der Waals surface area contributed by atoms with Crippen molar-refractivity contribution >= 4 is 15.9 Å². The molecule has 0 N–H and O–H groups in total. The first-order valence-corrected chi connectivity index (χ1v) is 3.81. The van der Waals surface area contributed by atoms with Gasteiger partial charge in [-0.2, -0.15) is 0 Å². The predicted octanol–water partition coefficient (Wildman–Crippen LogP) is 2.90. The van der Waals surface area contributed by atoms with Gasteiger partial charge in [-0.25, -0.2) is 0 Å². The standard InChI is InChI=1S/C7H11Br/c1-3-5-7(4-2)6-8/h3-5H,6H2,1-2H3. The fourth-order valence-electron chi connectivity index (χ4n) is 0.432. The minimum absolute atomic E-state index is 0.952. The van der Waals surface area contributed by atoms with Gasteiger partial charge >= 0.3 is 0 Å². The van der Waals surface area contributed by atoms with Crippen LogP contribution in [0.5, 0.6) is 0 Å². The Morgan fingerprint density at radius 2 is 2.12 bits per heavy atom. The molecule has 0 spiro atoms. The molecular formula is C7H11Br. The van der Waals surface area contributed by atoms with E-state index >= 15 is 0 Å². The lowest BCUT2D eigenvalue weighted by atomic mass is 10.3. The molecule has 0 saturated heterocycles. The van der Waals surface area contributed by atoms with Crippen molar-refractivity contribution < 1.29 is 0 Å². The Morgan fingerprint density at radius 3 is 2.25 bits per heavy atom. The van der Waals surface area contributed by atoms with Crippen LogP contribution in [0.3, 0.4) is 0 Å². The zero-order valence-electron chi connectivity index (χ0n) is 5.32. The minimum atomic E-state index is 0.952. The topological polar surface area (TPSA) is 0 Å². The summed E-state index contributed by atoms with van der Waals surface area (Å²) in [7, 11) is 0. The van der Waals surface area contributed by atoms with Crippen LogP contribution >= 0.6 is 15.9 Å². The molecule has 0 fully saturated rings. The van der Waals surface area contributed by atoms with Crippen LogP contribution in [0.1, 0.15) is 13.8 Å². The van der Waals surface area contributed by atoms with Crippen LogP contribution in [0.25, 0.3) is 0 Å². The van der Waals surface area contributed by atoms with Gasteiger partial charge < -0.3 is 0 Å². The molecule has 0 aliphatic carbocycles. The lowest BCUT2D eigenvalue weighted by Gasteiger charge is -1.88. The highest BCUT2D eigenvalue weighted by Crippen LogP contribution is 1.99. The molecular weight excluding hydrogens is 164 g/mol. The van der Waals surface area contributed by atoms with Gasteiger partial charge in [0, 0.05) is 5.33 Å². The smallest absolute Gasteiger partial charge is 0.0279 e. The summed E-state index contributed by atoms with van der Waals surface area (Å²) in [6, 6.07) is 0. The van der Waals surface area contributed by atoms with E-state index in [0.29, 0.717) is 0 Å². The maximum atomic E-state index is 3.36. The molecule has 46 valence electrons. The molecule has 0 saturated carbocycles. The predicted molar refractivity (Wildman–Crippen MR) is 42.4 cm³/mol. The van der Waals surface area contributed by atoms with Crippen molar-refractivity contribution in [2.24, 2.45) is 0 Å². The van der Waals surface area contributed by atoms with E-state index in [0.717, 1.165) is 5.33 Å². The number of hydrogen-bond acceptors (Lipinski definition) is 0. The third-order valence-corrected chi connectivity index (χ3v) is 1.55. The highest BCUT2D eigenvalue weighted by molar-refractivity contribution is 9.09. The van der Waals surface area contributed by atoms with Gasteiger partial charge in [0.25, 0.3) is 0 Å². The van der Waals surface area contributed by atoms with Crippen molar-refractivity contribution in [3.8, 4) is 0 Å². The molecule has 0 aliphatic heterocycles. The fourth-order valence-corrected chi connectivity index (χ4v) is 0.943. The molecule has 0 rings (SSSR count). The van der Waals surface area contributed by atoms with Crippen LogP contribution < -0.4 is 0 Å². The molecule has 1 heteroatoms. The summed E-state index contributed by atoms with van der Waals surface area (Å²) in [5.41, 5.74) is 1.33. The first kappa shape index (κ1) is 7.96. The SMILES string of the molecule is CC=CC(=CC)CBr. The highest BCUT2D eigenvalue weighted by atomic mass is 79.9. The van der Waals surface area contributed by atoms with Gasteiger partial charge in [-0.3, -0.25) is 0 Å². The van der Waals surface area contributed by atoms with Gasteiger partial charge in [0.2, 0.25) is 0 Å². The number of rotatable bonds is 2. The Balaban J connectivity index is 3.72. The molecule has 0 aromatic heterocycles. The normalized spacial score (nSPS) is 13.1. The molecule has 0 atom stereocenters. The summed E-state index contributed by atoms with van der Waals surface area (Å²) in [5, 5.41) is 0.952.